The molecule has 0 aromatic heterocycles. The largest absolute Gasteiger partial charge is 0.306 e. The number of rotatable bonds is 3. The number of hydrogen-bond acceptors (Lipinski definition) is 1. The fraction of sp³-hybridized carbons (Fsp3) is 1.00. The van der Waals surface area contributed by atoms with E-state index in [1.807, 2.05) is 0 Å². The molecule has 1 nitrogen and oxygen atoms in total. The summed E-state index contributed by atoms with van der Waals surface area (Å²) < 4.78 is 0. The lowest BCUT2D eigenvalue weighted by Crippen LogP contribution is -2.18. The molecule has 0 N–H and O–H groups in total. The summed E-state index contributed by atoms with van der Waals surface area (Å²) in [5, 5.41) is 0. The van der Waals surface area contributed by atoms with Crippen LogP contribution in [0.3, 0.4) is 0 Å². The minimum atomic E-state index is 1.10. The molecule has 11 heavy (non-hydrogen) atoms. The van der Waals surface area contributed by atoms with E-state index < -0.39 is 0 Å². The predicted octanol–water partition coefficient (Wildman–Crippen LogP) is 1.98. The summed E-state index contributed by atoms with van der Waals surface area (Å²) in [5.41, 5.74) is 0. The van der Waals surface area contributed by atoms with Crippen molar-refractivity contribution in [1.82, 2.24) is 4.90 Å². The molecule has 0 aromatic carbocycles. The van der Waals surface area contributed by atoms with Gasteiger partial charge in [0.05, 0.1) is 0 Å². The minimum Gasteiger partial charge on any atom is -0.306 e. The molecule has 1 saturated carbocycles. The van der Waals surface area contributed by atoms with Gasteiger partial charge in [0.2, 0.25) is 0 Å². The van der Waals surface area contributed by atoms with Gasteiger partial charge in [-0.15, -0.1) is 0 Å². The van der Waals surface area contributed by atoms with Gasteiger partial charge in [0.1, 0.15) is 0 Å². The van der Waals surface area contributed by atoms with Crippen molar-refractivity contribution in [2.45, 2.75) is 26.2 Å². The third-order valence-corrected chi connectivity index (χ3v) is 3.44. The van der Waals surface area contributed by atoms with Crippen LogP contribution in [0.15, 0.2) is 0 Å². The third kappa shape index (κ3) is 1.31. The summed E-state index contributed by atoms with van der Waals surface area (Å²) in [6, 6.07) is 0. The van der Waals surface area contributed by atoms with Crippen LogP contribution in [0.5, 0.6) is 0 Å². The van der Waals surface area contributed by atoms with Gasteiger partial charge >= 0.3 is 0 Å². The molecule has 1 aliphatic carbocycles. The summed E-state index contributed by atoms with van der Waals surface area (Å²) in [6.07, 6.45) is 4.35. The lowest BCUT2D eigenvalue weighted by atomic mass is 10.1. The molecule has 1 heterocycles. The van der Waals surface area contributed by atoms with Crippen LogP contribution in [0.25, 0.3) is 0 Å². The molecule has 2 atom stereocenters. The van der Waals surface area contributed by atoms with E-state index >= 15 is 0 Å². The van der Waals surface area contributed by atoms with Gasteiger partial charge in [0.15, 0.2) is 0 Å². The van der Waals surface area contributed by atoms with Crippen molar-refractivity contribution in [2.75, 3.05) is 20.1 Å². The Kier molecular flexibility index (Phi) is 1.92. The lowest BCUT2D eigenvalue weighted by molar-refractivity contribution is 0.336. The summed E-state index contributed by atoms with van der Waals surface area (Å²) in [4.78, 5) is 2.48. The highest BCUT2D eigenvalue weighted by Gasteiger charge is 2.53. The monoisotopic (exact) mass is 153 g/mol. The molecule has 0 spiro atoms. The fourth-order valence-electron chi connectivity index (χ4n) is 2.73. The first kappa shape index (κ1) is 7.60. The second-order valence-corrected chi connectivity index (χ2v) is 4.36. The van der Waals surface area contributed by atoms with Gasteiger partial charge in [-0.1, -0.05) is 19.8 Å². The van der Waals surface area contributed by atoms with Crippen LogP contribution >= 0.6 is 0 Å². The van der Waals surface area contributed by atoms with Crippen molar-refractivity contribution in [2.24, 2.45) is 17.8 Å². The molecular formula is C10H19N. The van der Waals surface area contributed by atoms with Crippen molar-refractivity contribution in [3.8, 4) is 0 Å². The van der Waals surface area contributed by atoms with E-state index in [0.29, 0.717) is 0 Å². The molecule has 2 fully saturated rings. The predicted molar refractivity (Wildman–Crippen MR) is 47.5 cm³/mol. The second kappa shape index (κ2) is 2.78. The summed E-state index contributed by atoms with van der Waals surface area (Å²) in [5.74, 6) is 3.34. The van der Waals surface area contributed by atoms with Crippen molar-refractivity contribution >= 4 is 0 Å². The Balaban J connectivity index is 1.71. The van der Waals surface area contributed by atoms with Crippen LogP contribution in [-0.2, 0) is 0 Å². The van der Waals surface area contributed by atoms with E-state index in [2.05, 4.69) is 18.9 Å². The second-order valence-electron chi connectivity index (χ2n) is 4.36. The van der Waals surface area contributed by atoms with Crippen molar-refractivity contribution < 1.29 is 0 Å². The Bertz CT molecular complexity index is 132. The van der Waals surface area contributed by atoms with E-state index in [1.54, 1.807) is 0 Å². The molecule has 1 aliphatic heterocycles. The molecule has 2 aliphatic rings. The molecule has 2 unspecified atom stereocenters. The zero-order chi connectivity index (χ0) is 7.84. The first-order valence-corrected chi connectivity index (χ1v) is 5.01. The SMILES string of the molecule is CCCCC1C2CN(C)CC12. The van der Waals surface area contributed by atoms with Crippen molar-refractivity contribution in [3.63, 3.8) is 0 Å². The quantitative estimate of drug-likeness (QED) is 0.599. The van der Waals surface area contributed by atoms with Gasteiger partial charge in [-0.25, -0.2) is 0 Å². The smallest absolute Gasteiger partial charge is 0.00127 e. The van der Waals surface area contributed by atoms with Crippen LogP contribution < -0.4 is 0 Å². The van der Waals surface area contributed by atoms with Crippen molar-refractivity contribution in [1.29, 1.82) is 0 Å². The van der Waals surface area contributed by atoms with E-state index in [1.165, 1.54) is 32.4 Å². The average Bonchev–Trinajstić information content (AvgIpc) is 2.41. The number of nitrogens with zero attached hydrogens (tertiary/aromatic N) is 1. The van der Waals surface area contributed by atoms with Gasteiger partial charge in [0, 0.05) is 13.1 Å². The number of piperidine rings is 1. The standard InChI is InChI=1S/C10H19N/c1-3-4-5-8-9-6-11(2)7-10(8)9/h8-10H,3-7H2,1-2H3. The van der Waals surface area contributed by atoms with Gasteiger partial charge in [-0.2, -0.15) is 0 Å². The van der Waals surface area contributed by atoms with Gasteiger partial charge in [-0.3, -0.25) is 0 Å². The zero-order valence-corrected chi connectivity index (χ0v) is 7.71. The first-order valence-electron chi connectivity index (χ1n) is 5.01. The molecular weight excluding hydrogens is 134 g/mol. The molecule has 0 radical (unpaired) electrons. The molecule has 0 bridgehead atoms. The average molecular weight is 153 g/mol. The van der Waals surface area contributed by atoms with Crippen LogP contribution in [0, 0.1) is 17.8 Å². The molecule has 0 amide bonds. The van der Waals surface area contributed by atoms with Gasteiger partial charge in [0.25, 0.3) is 0 Å². The number of hydrogen-bond donors (Lipinski definition) is 0. The highest BCUT2D eigenvalue weighted by Crippen LogP contribution is 2.53. The fourth-order valence-corrected chi connectivity index (χ4v) is 2.73. The topological polar surface area (TPSA) is 3.24 Å². The Morgan fingerprint density at radius 2 is 1.91 bits per heavy atom. The van der Waals surface area contributed by atoms with E-state index in [0.717, 1.165) is 17.8 Å². The Hall–Kier alpha value is -0.0400. The molecule has 0 aromatic rings. The first-order chi connectivity index (χ1) is 5.33. The maximum atomic E-state index is 2.48. The molecule has 1 heteroatoms. The highest BCUT2D eigenvalue weighted by molar-refractivity contribution is 5.03. The maximum Gasteiger partial charge on any atom is 0.00127 e. The van der Waals surface area contributed by atoms with E-state index in [4.69, 9.17) is 0 Å². The van der Waals surface area contributed by atoms with Crippen LogP contribution in [-0.4, -0.2) is 25.0 Å². The van der Waals surface area contributed by atoms with E-state index in [-0.39, 0.29) is 0 Å². The Morgan fingerprint density at radius 1 is 1.27 bits per heavy atom. The molecule has 2 rings (SSSR count). The number of fused-ring (bicyclic) bond motifs is 1. The van der Waals surface area contributed by atoms with Crippen LogP contribution in [0.1, 0.15) is 26.2 Å². The van der Waals surface area contributed by atoms with Gasteiger partial charge < -0.3 is 4.90 Å². The Labute approximate surface area is 69.8 Å². The zero-order valence-electron chi connectivity index (χ0n) is 7.71. The third-order valence-electron chi connectivity index (χ3n) is 3.44. The van der Waals surface area contributed by atoms with Crippen molar-refractivity contribution in [3.05, 3.63) is 0 Å². The summed E-state index contributed by atoms with van der Waals surface area (Å²) in [6.45, 7) is 5.07. The summed E-state index contributed by atoms with van der Waals surface area (Å²) >= 11 is 0. The molecule has 1 saturated heterocycles. The van der Waals surface area contributed by atoms with Gasteiger partial charge in [-0.05, 0) is 31.2 Å². The lowest BCUT2D eigenvalue weighted by Gasteiger charge is -2.12. The van der Waals surface area contributed by atoms with E-state index in [9.17, 15) is 0 Å². The maximum absolute atomic E-state index is 2.48. The normalized spacial score (nSPS) is 42.5. The summed E-state index contributed by atoms with van der Waals surface area (Å²) in [7, 11) is 2.25. The Morgan fingerprint density at radius 3 is 2.45 bits per heavy atom. The van der Waals surface area contributed by atoms with Crippen LogP contribution in [0.4, 0.5) is 0 Å². The highest BCUT2D eigenvalue weighted by atomic mass is 15.2. The number of unbranched alkanes of at least 4 members (excludes halogenated alkanes) is 1. The minimum absolute atomic E-state index is 1.10. The number of likely N-dealkylation sites (tertiary alicyclic amines) is 1. The van der Waals surface area contributed by atoms with Crippen LogP contribution in [0.2, 0.25) is 0 Å². The molecule has 64 valence electrons.